The van der Waals surface area contributed by atoms with Gasteiger partial charge < -0.3 is 10.1 Å². The van der Waals surface area contributed by atoms with Crippen molar-refractivity contribution in [1.82, 2.24) is 10.2 Å². The number of hydrogen-bond acceptors (Lipinski definition) is 3. The fourth-order valence-corrected chi connectivity index (χ4v) is 1.99. The highest BCUT2D eigenvalue weighted by Crippen LogP contribution is 2.15. The van der Waals surface area contributed by atoms with Crippen molar-refractivity contribution in [2.24, 2.45) is 0 Å². The Bertz CT molecular complexity index is 272. The lowest BCUT2D eigenvalue weighted by molar-refractivity contribution is -0.160. The molecule has 1 N–H and O–H groups in total. The van der Waals surface area contributed by atoms with Crippen LogP contribution in [0.15, 0.2) is 0 Å². The number of alkyl carbamates (subject to hydrolysis) is 1. The summed E-state index contributed by atoms with van der Waals surface area (Å²) in [5.74, 6) is 0. The van der Waals surface area contributed by atoms with Crippen LogP contribution in [0.25, 0.3) is 0 Å². The Morgan fingerprint density at radius 1 is 1.44 bits per heavy atom. The third-order valence-electron chi connectivity index (χ3n) is 2.98. The van der Waals surface area contributed by atoms with E-state index in [-0.39, 0.29) is 0 Å². The summed E-state index contributed by atoms with van der Waals surface area (Å²) in [5, 5.41) is 2.32. The molecule has 1 rings (SSSR count). The average Bonchev–Trinajstić information content (AvgIpc) is 2.28. The van der Waals surface area contributed by atoms with E-state index in [1.54, 1.807) is 0 Å². The van der Waals surface area contributed by atoms with Crippen molar-refractivity contribution in [2.45, 2.75) is 38.4 Å². The lowest BCUT2D eigenvalue weighted by Gasteiger charge is -2.33. The molecule has 0 radical (unpaired) electrons. The molecule has 1 fully saturated rings. The number of amides is 1. The number of carbonyl (C=O) groups excluding carboxylic acids is 1. The van der Waals surface area contributed by atoms with Crippen LogP contribution in [0.3, 0.4) is 0 Å². The summed E-state index contributed by atoms with van der Waals surface area (Å²) in [5.41, 5.74) is 0. The molecule has 0 unspecified atom stereocenters. The van der Waals surface area contributed by atoms with E-state index in [0.717, 1.165) is 19.4 Å². The Labute approximate surface area is 104 Å². The summed E-state index contributed by atoms with van der Waals surface area (Å²) >= 11 is 0. The van der Waals surface area contributed by atoms with Crippen LogP contribution in [0, 0.1) is 0 Å². The minimum atomic E-state index is -4.47. The molecule has 7 heteroatoms. The summed E-state index contributed by atoms with van der Waals surface area (Å²) in [4.78, 5) is 13.2. The topological polar surface area (TPSA) is 41.6 Å². The Hall–Kier alpha value is -0.980. The van der Waals surface area contributed by atoms with Gasteiger partial charge in [-0.15, -0.1) is 0 Å². The van der Waals surface area contributed by atoms with Crippen molar-refractivity contribution in [1.29, 1.82) is 0 Å². The van der Waals surface area contributed by atoms with Crippen LogP contribution in [0.5, 0.6) is 0 Å². The number of hydrogen-bond donors (Lipinski definition) is 1. The van der Waals surface area contributed by atoms with Gasteiger partial charge in [0.1, 0.15) is 0 Å². The van der Waals surface area contributed by atoms with Crippen molar-refractivity contribution in [3.05, 3.63) is 0 Å². The Balaban J connectivity index is 2.11. The first kappa shape index (κ1) is 15.1. The summed E-state index contributed by atoms with van der Waals surface area (Å²) in [6.45, 7) is 2.49. The maximum Gasteiger partial charge on any atom is 0.422 e. The van der Waals surface area contributed by atoms with Gasteiger partial charge in [-0.05, 0) is 26.3 Å². The molecule has 0 aromatic rings. The van der Waals surface area contributed by atoms with E-state index in [9.17, 15) is 18.0 Å². The molecule has 0 bridgehead atoms. The summed E-state index contributed by atoms with van der Waals surface area (Å²) in [6.07, 6.45) is -2.03. The van der Waals surface area contributed by atoms with Gasteiger partial charge in [-0.1, -0.05) is 6.42 Å². The second kappa shape index (κ2) is 6.82. The third kappa shape index (κ3) is 6.09. The smallest absolute Gasteiger partial charge is 0.422 e. The molecule has 1 heterocycles. The van der Waals surface area contributed by atoms with Crippen molar-refractivity contribution in [3.8, 4) is 0 Å². The molecule has 1 aliphatic rings. The quantitative estimate of drug-likeness (QED) is 0.849. The molecule has 1 saturated heterocycles. The molecule has 1 atom stereocenters. The van der Waals surface area contributed by atoms with Crippen LogP contribution in [0.2, 0.25) is 0 Å². The Kier molecular flexibility index (Phi) is 5.71. The molecule has 0 spiro atoms. The SMILES string of the molecule is C[C@H]1CCCCN1CCNC(=O)OCC(F)(F)F. The van der Waals surface area contributed by atoms with Crippen LogP contribution in [0.1, 0.15) is 26.2 Å². The van der Waals surface area contributed by atoms with Crippen LogP contribution < -0.4 is 5.32 Å². The van der Waals surface area contributed by atoms with Crippen molar-refractivity contribution in [3.63, 3.8) is 0 Å². The van der Waals surface area contributed by atoms with Crippen LogP contribution in [-0.2, 0) is 4.74 Å². The molecule has 106 valence electrons. The lowest BCUT2D eigenvalue weighted by atomic mass is 10.0. The number of ether oxygens (including phenoxy) is 1. The maximum atomic E-state index is 11.8. The minimum absolute atomic E-state index is 0.307. The monoisotopic (exact) mass is 268 g/mol. The van der Waals surface area contributed by atoms with Crippen LogP contribution in [-0.4, -0.2) is 49.5 Å². The van der Waals surface area contributed by atoms with Gasteiger partial charge in [0.05, 0.1) is 0 Å². The number of halogens is 3. The van der Waals surface area contributed by atoms with Gasteiger partial charge in [-0.25, -0.2) is 4.79 Å². The second-order valence-electron chi connectivity index (χ2n) is 4.50. The molecule has 0 saturated carbocycles. The molecule has 0 aromatic carbocycles. The number of nitrogens with one attached hydrogen (secondary N) is 1. The van der Waals surface area contributed by atoms with E-state index >= 15 is 0 Å². The molecule has 1 aliphatic heterocycles. The Morgan fingerprint density at radius 2 is 2.17 bits per heavy atom. The summed E-state index contributed by atoms with van der Waals surface area (Å²) in [6, 6.07) is 0.465. The van der Waals surface area contributed by atoms with Gasteiger partial charge in [-0.3, -0.25) is 4.90 Å². The minimum Gasteiger partial charge on any atom is -0.440 e. The number of piperidine rings is 1. The van der Waals surface area contributed by atoms with E-state index < -0.39 is 18.9 Å². The van der Waals surface area contributed by atoms with Gasteiger partial charge in [0, 0.05) is 19.1 Å². The largest absolute Gasteiger partial charge is 0.440 e. The number of rotatable bonds is 4. The van der Waals surface area contributed by atoms with E-state index in [1.165, 1.54) is 6.42 Å². The third-order valence-corrected chi connectivity index (χ3v) is 2.98. The highest BCUT2D eigenvalue weighted by atomic mass is 19.4. The number of carbonyl (C=O) groups is 1. The first-order chi connectivity index (χ1) is 8.38. The molecule has 0 aromatic heterocycles. The highest BCUT2D eigenvalue weighted by molar-refractivity contribution is 5.67. The second-order valence-corrected chi connectivity index (χ2v) is 4.50. The predicted octanol–water partition coefficient (Wildman–Crippen LogP) is 2.15. The lowest BCUT2D eigenvalue weighted by Crippen LogP contribution is -2.42. The first-order valence-electron chi connectivity index (χ1n) is 6.10. The molecule has 4 nitrogen and oxygen atoms in total. The zero-order valence-corrected chi connectivity index (χ0v) is 10.4. The highest BCUT2D eigenvalue weighted by Gasteiger charge is 2.29. The Morgan fingerprint density at radius 3 is 2.78 bits per heavy atom. The van der Waals surface area contributed by atoms with Gasteiger partial charge in [0.15, 0.2) is 6.61 Å². The fraction of sp³-hybridized carbons (Fsp3) is 0.909. The molecule has 18 heavy (non-hydrogen) atoms. The molecule has 0 aliphatic carbocycles. The van der Waals surface area contributed by atoms with Crippen molar-refractivity contribution in [2.75, 3.05) is 26.2 Å². The van der Waals surface area contributed by atoms with Gasteiger partial charge in [0.2, 0.25) is 0 Å². The number of nitrogens with zero attached hydrogens (tertiary/aromatic N) is 1. The number of alkyl halides is 3. The molecular formula is C11H19F3N2O2. The van der Waals surface area contributed by atoms with Crippen molar-refractivity contribution < 1.29 is 22.7 Å². The van der Waals surface area contributed by atoms with Gasteiger partial charge >= 0.3 is 12.3 Å². The first-order valence-corrected chi connectivity index (χ1v) is 6.10. The summed E-state index contributed by atoms with van der Waals surface area (Å²) in [7, 11) is 0. The van der Waals surface area contributed by atoms with E-state index in [4.69, 9.17) is 0 Å². The molecular weight excluding hydrogens is 249 g/mol. The average molecular weight is 268 g/mol. The summed E-state index contributed by atoms with van der Waals surface area (Å²) < 4.78 is 39.3. The molecule has 1 amide bonds. The van der Waals surface area contributed by atoms with E-state index in [1.807, 2.05) is 0 Å². The van der Waals surface area contributed by atoms with Crippen molar-refractivity contribution >= 4 is 6.09 Å². The normalized spacial score (nSPS) is 21.7. The zero-order valence-electron chi connectivity index (χ0n) is 10.4. The van der Waals surface area contributed by atoms with E-state index in [2.05, 4.69) is 21.9 Å². The number of likely N-dealkylation sites (tertiary alicyclic amines) is 1. The fourth-order valence-electron chi connectivity index (χ4n) is 1.99. The van der Waals surface area contributed by atoms with Crippen LogP contribution >= 0.6 is 0 Å². The van der Waals surface area contributed by atoms with E-state index in [0.29, 0.717) is 19.1 Å². The van der Waals surface area contributed by atoms with Gasteiger partial charge in [-0.2, -0.15) is 13.2 Å². The zero-order chi connectivity index (χ0) is 13.6. The maximum absolute atomic E-state index is 11.8. The van der Waals surface area contributed by atoms with Gasteiger partial charge in [0.25, 0.3) is 0 Å². The van der Waals surface area contributed by atoms with Crippen LogP contribution in [0.4, 0.5) is 18.0 Å². The predicted molar refractivity (Wildman–Crippen MR) is 60.3 cm³/mol. The standard InChI is InChI=1S/C11H19F3N2O2/c1-9-4-2-3-6-16(9)7-5-15-10(17)18-8-11(12,13)14/h9H,2-8H2,1H3,(H,15,17)/t9-/m0/s1.